The topological polar surface area (TPSA) is 50.3 Å². The normalized spacial score (nSPS) is 14.9. The summed E-state index contributed by atoms with van der Waals surface area (Å²) in [6.07, 6.45) is 4.87. The molecule has 0 fully saturated rings. The quantitative estimate of drug-likeness (QED) is 0.660. The first-order chi connectivity index (χ1) is 13.6. The summed E-state index contributed by atoms with van der Waals surface area (Å²) < 4.78 is 5.41. The number of anilines is 1. The van der Waals surface area contributed by atoms with E-state index in [1.54, 1.807) is 7.11 Å². The summed E-state index contributed by atoms with van der Waals surface area (Å²) in [5.74, 6) is 2.70. The molecule has 1 aromatic carbocycles. The van der Waals surface area contributed by atoms with Crippen LogP contribution in [-0.4, -0.2) is 42.6 Å². The van der Waals surface area contributed by atoms with Crippen LogP contribution < -0.4 is 10.1 Å². The fourth-order valence-corrected chi connectivity index (χ4v) is 5.34. The molecule has 6 heteroatoms. The number of likely N-dealkylation sites (N-methyl/N-ethyl adjacent to an activating group) is 1. The maximum Gasteiger partial charge on any atom is 0.138 e. The van der Waals surface area contributed by atoms with Gasteiger partial charge in [-0.15, -0.1) is 11.3 Å². The SMILES string of the molecule is COc1cccc([C@H](CNc2nc(C)nc3sc4c(c23)CCCC4)N(C)C)c1. The number of methoxy groups -OCH3 is 1. The lowest BCUT2D eigenvalue weighted by Gasteiger charge is -2.26. The van der Waals surface area contributed by atoms with E-state index in [-0.39, 0.29) is 6.04 Å². The number of ether oxygens (including phenoxy) is 1. The van der Waals surface area contributed by atoms with Gasteiger partial charge in [-0.3, -0.25) is 0 Å². The van der Waals surface area contributed by atoms with E-state index in [1.165, 1.54) is 40.7 Å². The van der Waals surface area contributed by atoms with Gasteiger partial charge in [0.2, 0.25) is 0 Å². The second-order valence-electron chi connectivity index (χ2n) is 7.65. The van der Waals surface area contributed by atoms with Crippen LogP contribution in [0.3, 0.4) is 0 Å². The van der Waals surface area contributed by atoms with Crippen LogP contribution in [-0.2, 0) is 12.8 Å². The van der Waals surface area contributed by atoms with Gasteiger partial charge in [0.15, 0.2) is 0 Å². The highest BCUT2D eigenvalue weighted by atomic mass is 32.1. The standard InChI is InChI=1S/C22H28N4OS/c1-14-24-21(20-17-10-5-6-11-19(17)28-22(20)25-14)23-13-18(26(2)3)15-8-7-9-16(12-15)27-4/h7-9,12,18H,5-6,10-11,13H2,1-4H3,(H,23,24,25)/t18-/m0/s1. The number of aromatic nitrogens is 2. The van der Waals surface area contributed by atoms with Gasteiger partial charge in [0.1, 0.15) is 22.2 Å². The van der Waals surface area contributed by atoms with Gasteiger partial charge in [0.05, 0.1) is 18.5 Å². The summed E-state index contributed by atoms with van der Waals surface area (Å²) in [6.45, 7) is 2.76. The van der Waals surface area contributed by atoms with Crippen LogP contribution in [0.25, 0.3) is 10.2 Å². The lowest BCUT2D eigenvalue weighted by molar-refractivity contribution is 0.310. The molecule has 0 aliphatic heterocycles. The van der Waals surface area contributed by atoms with Crippen LogP contribution in [0.2, 0.25) is 0 Å². The molecule has 0 radical (unpaired) electrons. The van der Waals surface area contributed by atoms with Crippen molar-refractivity contribution in [3.8, 4) is 5.75 Å². The fraction of sp³-hybridized carbons (Fsp3) is 0.455. The van der Waals surface area contributed by atoms with Crippen LogP contribution >= 0.6 is 11.3 Å². The minimum atomic E-state index is 0.217. The van der Waals surface area contributed by atoms with Gasteiger partial charge in [0, 0.05) is 11.4 Å². The van der Waals surface area contributed by atoms with E-state index in [0.717, 1.165) is 35.2 Å². The number of benzene rings is 1. The summed E-state index contributed by atoms with van der Waals surface area (Å²) in [5.41, 5.74) is 2.70. The molecule has 1 atom stereocenters. The molecule has 0 unspecified atom stereocenters. The Hall–Kier alpha value is -2.18. The maximum absolute atomic E-state index is 5.41. The van der Waals surface area contributed by atoms with Gasteiger partial charge in [-0.25, -0.2) is 9.97 Å². The Morgan fingerprint density at radius 1 is 1.21 bits per heavy atom. The average Bonchev–Trinajstić information content (AvgIpc) is 3.06. The second kappa shape index (κ2) is 8.05. The van der Waals surface area contributed by atoms with Crippen molar-refractivity contribution in [3.63, 3.8) is 0 Å². The van der Waals surface area contributed by atoms with E-state index in [2.05, 4.69) is 36.4 Å². The first-order valence-corrected chi connectivity index (χ1v) is 10.7. The van der Waals surface area contributed by atoms with Crippen molar-refractivity contribution < 1.29 is 4.74 Å². The molecule has 0 bridgehead atoms. The number of aryl methyl sites for hydroxylation is 3. The number of nitrogens with one attached hydrogen (secondary N) is 1. The molecule has 2 heterocycles. The highest BCUT2D eigenvalue weighted by molar-refractivity contribution is 7.19. The molecule has 0 saturated carbocycles. The number of nitrogens with zero attached hydrogens (tertiary/aromatic N) is 3. The first kappa shape index (κ1) is 19.2. The van der Waals surface area contributed by atoms with Gasteiger partial charge in [-0.05, 0) is 70.0 Å². The van der Waals surface area contributed by atoms with Crippen LogP contribution in [0.15, 0.2) is 24.3 Å². The van der Waals surface area contributed by atoms with Gasteiger partial charge in [-0.1, -0.05) is 12.1 Å². The van der Waals surface area contributed by atoms with Crippen molar-refractivity contribution in [3.05, 3.63) is 46.1 Å². The number of fused-ring (bicyclic) bond motifs is 3. The third-order valence-electron chi connectivity index (χ3n) is 5.49. The van der Waals surface area contributed by atoms with Crippen molar-refractivity contribution in [1.29, 1.82) is 0 Å². The minimum absolute atomic E-state index is 0.217. The molecule has 0 amide bonds. The molecule has 1 aliphatic carbocycles. The second-order valence-corrected chi connectivity index (χ2v) is 8.73. The van der Waals surface area contributed by atoms with E-state index in [9.17, 15) is 0 Å². The zero-order chi connectivity index (χ0) is 19.7. The van der Waals surface area contributed by atoms with Crippen molar-refractivity contribution >= 4 is 27.4 Å². The third-order valence-corrected chi connectivity index (χ3v) is 6.68. The van der Waals surface area contributed by atoms with Gasteiger partial charge in [0.25, 0.3) is 0 Å². The predicted molar refractivity (Wildman–Crippen MR) is 117 cm³/mol. The number of hydrogen-bond donors (Lipinski definition) is 1. The smallest absolute Gasteiger partial charge is 0.138 e. The minimum Gasteiger partial charge on any atom is -0.497 e. The third kappa shape index (κ3) is 3.71. The van der Waals surface area contributed by atoms with Crippen LogP contribution in [0.4, 0.5) is 5.82 Å². The Morgan fingerprint density at radius 2 is 2.04 bits per heavy atom. The zero-order valence-electron chi connectivity index (χ0n) is 17.1. The molecule has 2 aromatic heterocycles. The lowest BCUT2D eigenvalue weighted by atomic mass is 9.97. The zero-order valence-corrected chi connectivity index (χ0v) is 17.9. The van der Waals surface area contributed by atoms with Crippen molar-refractivity contribution in [2.75, 3.05) is 33.1 Å². The molecule has 148 valence electrons. The Balaban J connectivity index is 1.66. The first-order valence-electron chi connectivity index (χ1n) is 9.90. The van der Waals surface area contributed by atoms with E-state index in [0.29, 0.717) is 0 Å². The highest BCUT2D eigenvalue weighted by Crippen LogP contribution is 2.38. The van der Waals surface area contributed by atoms with Gasteiger partial charge in [-0.2, -0.15) is 0 Å². The molecule has 0 saturated heterocycles. The van der Waals surface area contributed by atoms with E-state index >= 15 is 0 Å². The summed E-state index contributed by atoms with van der Waals surface area (Å²) in [4.78, 5) is 14.4. The Kier molecular flexibility index (Phi) is 5.51. The molecule has 1 aliphatic rings. The van der Waals surface area contributed by atoms with Crippen molar-refractivity contribution in [1.82, 2.24) is 14.9 Å². The lowest BCUT2D eigenvalue weighted by Crippen LogP contribution is -2.27. The molecule has 1 N–H and O–H groups in total. The Bertz CT molecular complexity index is 982. The van der Waals surface area contributed by atoms with Crippen LogP contribution in [0, 0.1) is 6.92 Å². The summed E-state index contributed by atoms with van der Waals surface area (Å²) in [5, 5.41) is 4.90. The number of hydrogen-bond acceptors (Lipinski definition) is 6. The molecule has 5 nitrogen and oxygen atoms in total. The summed E-state index contributed by atoms with van der Waals surface area (Å²) >= 11 is 1.85. The molecular weight excluding hydrogens is 368 g/mol. The summed E-state index contributed by atoms with van der Waals surface area (Å²) in [7, 11) is 5.93. The van der Waals surface area contributed by atoms with Gasteiger partial charge >= 0.3 is 0 Å². The summed E-state index contributed by atoms with van der Waals surface area (Å²) in [6, 6.07) is 8.52. The molecule has 0 spiro atoms. The molecular formula is C22H28N4OS. The van der Waals surface area contributed by atoms with E-state index in [4.69, 9.17) is 14.7 Å². The predicted octanol–water partition coefficient (Wildman–Crippen LogP) is 4.60. The fourth-order valence-electron chi connectivity index (χ4n) is 4.03. The van der Waals surface area contributed by atoms with Crippen LogP contribution in [0.1, 0.15) is 40.7 Å². The highest BCUT2D eigenvalue weighted by Gasteiger charge is 2.22. The van der Waals surface area contributed by atoms with E-state index < -0.39 is 0 Å². The van der Waals surface area contributed by atoms with Crippen molar-refractivity contribution in [2.45, 2.75) is 38.6 Å². The molecule has 3 aromatic rings. The largest absolute Gasteiger partial charge is 0.497 e. The van der Waals surface area contributed by atoms with Gasteiger partial charge < -0.3 is 15.0 Å². The van der Waals surface area contributed by atoms with E-state index in [1.807, 2.05) is 30.4 Å². The Labute approximate surface area is 170 Å². The maximum atomic E-state index is 5.41. The Morgan fingerprint density at radius 3 is 2.82 bits per heavy atom. The monoisotopic (exact) mass is 396 g/mol. The molecule has 4 rings (SSSR count). The number of rotatable bonds is 6. The average molecular weight is 397 g/mol. The van der Waals surface area contributed by atoms with Crippen LogP contribution in [0.5, 0.6) is 5.75 Å². The molecule has 28 heavy (non-hydrogen) atoms. The number of thiophene rings is 1. The van der Waals surface area contributed by atoms with Crippen molar-refractivity contribution in [2.24, 2.45) is 0 Å².